The summed E-state index contributed by atoms with van der Waals surface area (Å²) in [6.45, 7) is 1.36. The maximum Gasteiger partial charge on any atom is 0.343 e. The third-order valence-corrected chi connectivity index (χ3v) is 2.66. The van der Waals surface area contributed by atoms with Crippen molar-refractivity contribution in [3.05, 3.63) is 33.7 Å². The molecule has 2 N–H and O–H groups in total. The van der Waals surface area contributed by atoms with E-state index in [1.54, 1.807) is 17.5 Å². The van der Waals surface area contributed by atoms with Gasteiger partial charge in [0.1, 0.15) is 11.3 Å². The predicted octanol–water partition coefficient (Wildman–Crippen LogP) is 2.12. The molecular weight excluding hydrogens is 214 g/mol. The zero-order chi connectivity index (χ0) is 11.4. The highest BCUT2D eigenvalue weighted by molar-refractivity contribution is 7.12. The van der Waals surface area contributed by atoms with Crippen molar-refractivity contribution in [3.8, 4) is 0 Å². The lowest BCUT2D eigenvalue weighted by molar-refractivity contribution is -0.135. The Morgan fingerprint density at radius 3 is 2.67 bits per heavy atom. The molecule has 0 aliphatic rings. The summed E-state index contributed by atoms with van der Waals surface area (Å²) >= 11 is 1.33. The quantitative estimate of drug-likeness (QED) is 0.358. The van der Waals surface area contributed by atoms with Gasteiger partial charge in [-0.1, -0.05) is 6.07 Å². The predicted molar refractivity (Wildman–Crippen MR) is 58.5 cm³/mol. The number of ether oxygens (including phenoxy) is 1. The normalized spacial score (nSPS) is 11.9. The third-order valence-electron chi connectivity index (χ3n) is 1.77. The Morgan fingerprint density at radius 1 is 1.60 bits per heavy atom. The average molecular weight is 225 g/mol. The molecule has 0 fully saturated rings. The minimum atomic E-state index is -0.701. The van der Waals surface area contributed by atoms with Crippen LogP contribution in [-0.2, 0) is 9.53 Å². The van der Waals surface area contributed by atoms with E-state index in [0.29, 0.717) is 4.88 Å². The second kappa shape index (κ2) is 4.75. The first-order valence-corrected chi connectivity index (χ1v) is 5.06. The third kappa shape index (κ3) is 2.44. The van der Waals surface area contributed by atoms with Gasteiger partial charge in [-0.15, -0.1) is 11.3 Å². The summed E-state index contributed by atoms with van der Waals surface area (Å²) in [5, 5.41) is 18.9. The smallest absolute Gasteiger partial charge is 0.343 e. The fourth-order valence-corrected chi connectivity index (χ4v) is 1.76. The van der Waals surface area contributed by atoms with Crippen LogP contribution in [0.3, 0.4) is 0 Å². The lowest BCUT2D eigenvalue weighted by atomic mass is 10.1. The van der Waals surface area contributed by atoms with Gasteiger partial charge in [-0.2, -0.15) is 0 Å². The molecule has 0 amide bonds. The van der Waals surface area contributed by atoms with Crippen LogP contribution < -0.4 is 0 Å². The van der Waals surface area contributed by atoms with Crippen LogP contribution >= 0.6 is 11.3 Å². The van der Waals surface area contributed by atoms with Crippen molar-refractivity contribution in [2.45, 2.75) is 6.92 Å². The van der Waals surface area contributed by atoms with Crippen LogP contribution in [0, 0.1) is 5.41 Å². The van der Waals surface area contributed by atoms with Crippen molar-refractivity contribution < 1.29 is 14.6 Å². The SMILES string of the molecule is COC(=O)/C(C(=N)c1cccs1)=C(\C)O. The molecule has 5 heteroatoms. The molecule has 1 heterocycles. The maximum absolute atomic E-state index is 11.3. The Kier molecular flexibility index (Phi) is 3.62. The van der Waals surface area contributed by atoms with Gasteiger partial charge in [0.2, 0.25) is 0 Å². The molecule has 4 nitrogen and oxygen atoms in total. The summed E-state index contributed by atoms with van der Waals surface area (Å²) in [6, 6.07) is 3.48. The van der Waals surface area contributed by atoms with E-state index in [1.807, 2.05) is 0 Å². The monoisotopic (exact) mass is 225 g/mol. The van der Waals surface area contributed by atoms with Crippen LogP contribution in [0.1, 0.15) is 11.8 Å². The first-order chi connectivity index (χ1) is 7.07. The van der Waals surface area contributed by atoms with Crippen LogP contribution in [0.5, 0.6) is 0 Å². The number of esters is 1. The van der Waals surface area contributed by atoms with Crippen molar-refractivity contribution in [1.29, 1.82) is 5.41 Å². The highest BCUT2D eigenvalue weighted by Crippen LogP contribution is 2.17. The summed E-state index contributed by atoms with van der Waals surface area (Å²) in [4.78, 5) is 11.9. The van der Waals surface area contributed by atoms with Gasteiger partial charge < -0.3 is 9.84 Å². The van der Waals surface area contributed by atoms with Crippen LogP contribution in [0.15, 0.2) is 28.8 Å². The summed E-state index contributed by atoms with van der Waals surface area (Å²) in [5.74, 6) is -0.909. The molecule has 0 saturated carbocycles. The van der Waals surface area contributed by atoms with Gasteiger partial charge in [-0.3, -0.25) is 5.41 Å². The fraction of sp³-hybridized carbons (Fsp3) is 0.200. The summed E-state index contributed by atoms with van der Waals surface area (Å²) in [6.07, 6.45) is 0. The van der Waals surface area contributed by atoms with Crippen LogP contribution in [-0.4, -0.2) is 23.9 Å². The number of aliphatic hydroxyl groups excluding tert-OH is 1. The summed E-state index contributed by atoms with van der Waals surface area (Å²) in [5.41, 5.74) is -0.114. The number of carbonyl (C=O) groups excluding carboxylic acids is 1. The molecule has 0 unspecified atom stereocenters. The summed E-state index contributed by atoms with van der Waals surface area (Å²) in [7, 11) is 1.22. The number of rotatable bonds is 3. The van der Waals surface area contributed by atoms with E-state index in [-0.39, 0.29) is 17.0 Å². The van der Waals surface area contributed by atoms with E-state index in [1.165, 1.54) is 25.4 Å². The van der Waals surface area contributed by atoms with E-state index >= 15 is 0 Å². The minimum absolute atomic E-state index is 0.0168. The molecule has 80 valence electrons. The maximum atomic E-state index is 11.3. The van der Waals surface area contributed by atoms with E-state index in [9.17, 15) is 9.90 Å². The first kappa shape index (κ1) is 11.5. The Bertz CT molecular complexity index is 402. The standard InChI is InChI=1S/C10H11NO3S/c1-6(12)8(10(13)14-2)9(11)7-4-3-5-15-7/h3-5,11-12H,1-2H3/b8-6+,11-9?. The minimum Gasteiger partial charge on any atom is -0.512 e. The Morgan fingerprint density at radius 2 is 2.27 bits per heavy atom. The number of thiophene rings is 1. The Hall–Kier alpha value is -1.62. The van der Waals surface area contributed by atoms with Gasteiger partial charge in [0.25, 0.3) is 0 Å². The molecule has 0 aliphatic heterocycles. The van der Waals surface area contributed by atoms with Gasteiger partial charge in [0.15, 0.2) is 0 Å². The number of aliphatic hydroxyl groups is 1. The van der Waals surface area contributed by atoms with Gasteiger partial charge in [0, 0.05) is 0 Å². The number of methoxy groups -OCH3 is 1. The van der Waals surface area contributed by atoms with Crippen molar-refractivity contribution in [2.24, 2.45) is 0 Å². The van der Waals surface area contributed by atoms with Gasteiger partial charge >= 0.3 is 5.97 Å². The van der Waals surface area contributed by atoms with E-state index < -0.39 is 5.97 Å². The number of hydrogen-bond donors (Lipinski definition) is 2. The molecule has 0 atom stereocenters. The number of allylic oxidation sites excluding steroid dienone is 1. The zero-order valence-corrected chi connectivity index (χ0v) is 9.22. The number of hydrogen-bond acceptors (Lipinski definition) is 5. The second-order valence-corrected chi connectivity index (χ2v) is 3.75. The fourth-order valence-electron chi connectivity index (χ4n) is 1.08. The highest BCUT2D eigenvalue weighted by Gasteiger charge is 2.20. The van der Waals surface area contributed by atoms with Gasteiger partial charge in [0.05, 0.1) is 17.7 Å². The van der Waals surface area contributed by atoms with E-state index in [2.05, 4.69) is 4.74 Å². The van der Waals surface area contributed by atoms with E-state index in [4.69, 9.17) is 5.41 Å². The van der Waals surface area contributed by atoms with Crippen molar-refractivity contribution in [2.75, 3.05) is 7.11 Å². The van der Waals surface area contributed by atoms with Crippen molar-refractivity contribution in [3.63, 3.8) is 0 Å². The van der Waals surface area contributed by atoms with E-state index in [0.717, 1.165) is 0 Å². The molecule has 0 bridgehead atoms. The lowest BCUT2D eigenvalue weighted by Gasteiger charge is -2.06. The van der Waals surface area contributed by atoms with Crippen LogP contribution in [0.2, 0.25) is 0 Å². The lowest BCUT2D eigenvalue weighted by Crippen LogP contribution is -2.16. The summed E-state index contributed by atoms with van der Waals surface area (Å²) < 4.78 is 4.50. The topological polar surface area (TPSA) is 70.4 Å². The molecule has 15 heavy (non-hydrogen) atoms. The molecule has 1 rings (SSSR count). The molecule has 1 aromatic rings. The van der Waals surface area contributed by atoms with Crippen molar-refractivity contribution in [1.82, 2.24) is 0 Å². The molecule has 0 saturated heterocycles. The molecule has 0 radical (unpaired) electrons. The first-order valence-electron chi connectivity index (χ1n) is 4.19. The number of nitrogens with one attached hydrogen (secondary N) is 1. The molecule has 0 spiro atoms. The van der Waals surface area contributed by atoms with Crippen molar-refractivity contribution >= 4 is 23.0 Å². The van der Waals surface area contributed by atoms with Gasteiger partial charge in [-0.05, 0) is 18.4 Å². The van der Waals surface area contributed by atoms with Crippen LogP contribution in [0.25, 0.3) is 0 Å². The highest BCUT2D eigenvalue weighted by atomic mass is 32.1. The number of carbonyl (C=O) groups is 1. The zero-order valence-electron chi connectivity index (χ0n) is 8.40. The molecule has 1 aromatic heterocycles. The second-order valence-electron chi connectivity index (χ2n) is 2.80. The van der Waals surface area contributed by atoms with Gasteiger partial charge in [-0.25, -0.2) is 4.79 Å². The molecule has 0 aromatic carbocycles. The largest absolute Gasteiger partial charge is 0.512 e. The molecule has 0 aliphatic carbocycles. The Balaban J connectivity index is 3.09. The Labute approximate surface area is 91.3 Å². The van der Waals surface area contributed by atoms with Crippen LogP contribution in [0.4, 0.5) is 0 Å². The molecular formula is C10H11NO3S. The average Bonchev–Trinajstić information content (AvgIpc) is 2.69.